The van der Waals surface area contributed by atoms with Gasteiger partial charge in [0.2, 0.25) is 0 Å². The quantitative estimate of drug-likeness (QED) is 0.827. The molecular formula is C17H20FN3O3. The highest BCUT2D eigenvalue weighted by Crippen LogP contribution is 2.41. The van der Waals surface area contributed by atoms with E-state index in [-0.39, 0.29) is 18.3 Å². The highest BCUT2D eigenvalue weighted by molar-refractivity contribution is 5.70. The number of hydrogen-bond donors (Lipinski definition) is 2. The molecule has 0 spiro atoms. The normalized spacial score (nSPS) is 23.1. The zero-order valence-electron chi connectivity index (χ0n) is 13.2. The van der Waals surface area contributed by atoms with Crippen molar-refractivity contribution in [3.8, 4) is 0 Å². The standard InChI is InChI=1S/C17H20FN3O3/c18-14-6-10-5-13(24-17(22)23)9-21(12-1-2-12)15(10)7-16(14)20-4-3-11(19)8-20/h6-7,9,11-12H,1-5,8,19H2,(H,22,23). The highest BCUT2D eigenvalue weighted by Gasteiger charge is 2.34. The number of hydrogen-bond acceptors (Lipinski definition) is 5. The molecule has 6 nitrogen and oxygen atoms in total. The lowest BCUT2D eigenvalue weighted by Gasteiger charge is -2.30. The monoisotopic (exact) mass is 333 g/mol. The molecule has 128 valence electrons. The number of fused-ring (bicyclic) bond motifs is 1. The highest BCUT2D eigenvalue weighted by atomic mass is 19.1. The second-order valence-electron chi connectivity index (χ2n) is 6.71. The van der Waals surface area contributed by atoms with Gasteiger partial charge in [-0.15, -0.1) is 0 Å². The lowest BCUT2D eigenvalue weighted by Crippen LogP contribution is -2.29. The van der Waals surface area contributed by atoms with E-state index >= 15 is 0 Å². The van der Waals surface area contributed by atoms with E-state index in [0.717, 1.165) is 37.1 Å². The Morgan fingerprint density at radius 2 is 2.08 bits per heavy atom. The van der Waals surface area contributed by atoms with Crippen LogP contribution >= 0.6 is 0 Å². The minimum atomic E-state index is -1.34. The van der Waals surface area contributed by atoms with E-state index in [1.807, 2.05) is 15.9 Å². The molecule has 0 aromatic heterocycles. The summed E-state index contributed by atoms with van der Waals surface area (Å²) in [4.78, 5) is 14.8. The Morgan fingerprint density at radius 1 is 1.29 bits per heavy atom. The summed E-state index contributed by atoms with van der Waals surface area (Å²) in [6.07, 6.45) is 3.62. The van der Waals surface area contributed by atoms with E-state index in [9.17, 15) is 9.18 Å². The van der Waals surface area contributed by atoms with Crippen molar-refractivity contribution in [2.24, 2.45) is 5.73 Å². The third-order valence-corrected chi connectivity index (χ3v) is 4.80. The van der Waals surface area contributed by atoms with Gasteiger partial charge in [-0.05, 0) is 37.0 Å². The van der Waals surface area contributed by atoms with Crippen LogP contribution in [0.15, 0.2) is 24.1 Å². The molecule has 1 saturated carbocycles. The zero-order valence-corrected chi connectivity index (χ0v) is 13.2. The van der Waals surface area contributed by atoms with Crippen molar-refractivity contribution in [3.05, 3.63) is 35.5 Å². The van der Waals surface area contributed by atoms with Crippen LogP contribution < -0.4 is 15.5 Å². The average Bonchev–Trinajstić information content (AvgIpc) is 3.27. The molecule has 0 radical (unpaired) electrons. The fraction of sp³-hybridized carbons (Fsp3) is 0.471. The predicted octanol–water partition coefficient (Wildman–Crippen LogP) is 2.42. The lowest BCUT2D eigenvalue weighted by molar-refractivity contribution is 0.116. The van der Waals surface area contributed by atoms with Gasteiger partial charge in [0.25, 0.3) is 0 Å². The van der Waals surface area contributed by atoms with Gasteiger partial charge in [-0.25, -0.2) is 9.18 Å². The number of carboxylic acid groups (broad SMARTS) is 1. The first-order valence-electron chi connectivity index (χ1n) is 8.24. The molecule has 1 saturated heterocycles. The van der Waals surface area contributed by atoms with Crippen LogP contribution in [0.4, 0.5) is 20.6 Å². The fourth-order valence-electron chi connectivity index (χ4n) is 3.51. The molecule has 7 heteroatoms. The molecule has 2 heterocycles. The van der Waals surface area contributed by atoms with Gasteiger partial charge in [-0.1, -0.05) is 0 Å². The number of nitrogens with zero attached hydrogens (tertiary/aromatic N) is 2. The van der Waals surface area contributed by atoms with E-state index in [4.69, 9.17) is 15.6 Å². The van der Waals surface area contributed by atoms with Gasteiger partial charge in [0.1, 0.15) is 11.6 Å². The number of carbonyl (C=O) groups is 1. The Labute approximate surface area is 139 Å². The number of ether oxygens (including phenoxy) is 1. The van der Waals surface area contributed by atoms with Gasteiger partial charge in [-0.3, -0.25) is 0 Å². The second kappa shape index (κ2) is 5.66. The maximum absolute atomic E-state index is 14.6. The summed E-state index contributed by atoms with van der Waals surface area (Å²) in [6, 6.07) is 3.78. The zero-order chi connectivity index (χ0) is 16.8. The molecule has 1 atom stereocenters. The van der Waals surface area contributed by atoms with Crippen molar-refractivity contribution in [1.29, 1.82) is 0 Å². The second-order valence-corrected chi connectivity index (χ2v) is 6.71. The summed E-state index contributed by atoms with van der Waals surface area (Å²) >= 11 is 0. The number of rotatable bonds is 3. The van der Waals surface area contributed by atoms with Gasteiger partial charge in [0.05, 0.1) is 5.69 Å². The molecule has 4 rings (SSSR count). The van der Waals surface area contributed by atoms with Gasteiger partial charge < -0.3 is 25.4 Å². The molecule has 1 aromatic rings. The predicted molar refractivity (Wildman–Crippen MR) is 87.6 cm³/mol. The molecule has 0 amide bonds. The SMILES string of the molecule is NC1CCN(c2cc3c(cc2F)CC(OC(=O)O)=CN3C2CC2)C1. The third-order valence-electron chi connectivity index (χ3n) is 4.80. The van der Waals surface area contributed by atoms with Crippen molar-refractivity contribution >= 4 is 17.5 Å². The van der Waals surface area contributed by atoms with Crippen LogP contribution in [0.1, 0.15) is 24.8 Å². The number of halogens is 1. The van der Waals surface area contributed by atoms with E-state index in [2.05, 4.69) is 0 Å². The van der Waals surface area contributed by atoms with Crippen molar-refractivity contribution in [1.82, 2.24) is 0 Å². The molecule has 3 N–H and O–H groups in total. The van der Waals surface area contributed by atoms with Crippen molar-refractivity contribution < 1.29 is 19.0 Å². The van der Waals surface area contributed by atoms with Crippen molar-refractivity contribution in [2.75, 3.05) is 22.9 Å². The van der Waals surface area contributed by atoms with E-state index in [0.29, 0.717) is 24.0 Å². The summed E-state index contributed by atoms with van der Waals surface area (Å²) in [5.41, 5.74) is 8.21. The van der Waals surface area contributed by atoms with Crippen LogP contribution in [0.5, 0.6) is 0 Å². The minimum Gasteiger partial charge on any atom is -0.449 e. The largest absolute Gasteiger partial charge is 0.511 e. The summed E-state index contributed by atoms with van der Waals surface area (Å²) in [5.74, 6) is 0.0346. The van der Waals surface area contributed by atoms with Crippen LogP contribution in [-0.2, 0) is 11.2 Å². The molecule has 24 heavy (non-hydrogen) atoms. The smallest absolute Gasteiger partial charge is 0.449 e. The number of anilines is 2. The van der Waals surface area contributed by atoms with Gasteiger partial charge in [-0.2, -0.15) is 0 Å². The van der Waals surface area contributed by atoms with Gasteiger partial charge in [0, 0.05) is 43.5 Å². The van der Waals surface area contributed by atoms with Crippen LogP contribution in [0.25, 0.3) is 0 Å². The first kappa shape index (κ1) is 15.3. The topological polar surface area (TPSA) is 79.0 Å². The summed E-state index contributed by atoms with van der Waals surface area (Å²) < 4.78 is 19.4. The van der Waals surface area contributed by atoms with Crippen molar-refractivity contribution in [2.45, 2.75) is 37.8 Å². The molecule has 2 fully saturated rings. The van der Waals surface area contributed by atoms with E-state index in [1.165, 1.54) is 6.07 Å². The maximum atomic E-state index is 14.6. The fourth-order valence-corrected chi connectivity index (χ4v) is 3.51. The molecule has 1 aliphatic carbocycles. The number of nitrogens with two attached hydrogens (primary N) is 1. The Morgan fingerprint density at radius 3 is 2.71 bits per heavy atom. The van der Waals surface area contributed by atoms with Crippen LogP contribution in [0.3, 0.4) is 0 Å². The lowest BCUT2D eigenvalue weighted by atomic mass is 10.0. The Kier molecular flexibility index (Phi) is 3.60. The number of benzene rings is 1. The van der Waals surface area contributed by atoms with E-state index < -0.39 is 6.16 Å². The average molecular weight is 333 g/mol. The van der Waals surface area contributed by atoms with E-state index in [1.54, 1.807) is 6.20 Å². The molecule has 0 bridgehead atoms. The molecule has 1 aromatic carbocycles. The Bertz CT molecular complexity index is 717. The van der Waals surface area contributed by atoms with Gasteiger partial charge in [0.15, 0.2) is 0 Å². The molecule has 1 unspecified atom stereocenters. The first-order valence-corrected chi connectivity index (χ1v) is 8.24. The van der Waals surface area contributed by atoms with Crippen LogP contribution in [-0.4, -0.2) is 36.4 Å². The first-order chi connectivity index (χ1) is 11.5. The molecule has 2 aliphatic heterocycles. The summed E-state index contributed by atoms with van der Waals surface area (Å²) in [7, 11) is 0. The Hall–Kier alpha value is -2.28. The summed E-state index contributed by atoms with van der Waals surface area (Å²) in [5, 5.41) is 8.85. The Balaban J connectivity index is 1.70. The maximum Gasteiger partial charge on any atom is 0.511 e. The summed E-state index contributed by atoms with van der Waals surface area (Å²) in [6.45, 7) is 1.41. The number of allylic oxidation sites excluding steroid dienone is 1. The van der Waals surface area contributed by atoms with Crippen LogP contribution in [0, 0.1) is 5.82 Å². The van der Waals surface area contributed by atoms with Crippen molar-refractivity contribution in [3.63, 3.8) is 0 Å². The van der Waals surface area contributed by atoms with Gasteiger partial charge >= 0.3 is 6.16 Å². The molecular weight excluding hydrogens is 313 g/mol. The minimum absolute atomic E-state index is 0.0791. The third kappa shape index (κ3) is 2.80. The van der Waals surface area contributed by atoms with Crippen LogP contribution in [0.2, 0.25) is 0 Å². The molecule has 3 aliphatic rings.